The minimum Gasteiger partial charge on any atom is -0.497 e. The number of aliphatic hydroxyl groups excluding tert-OH is 1. The first-order valence-electron chi connectivity index (χ1n) is 5.89. The van der Waals surface area contributed by atoms with E-state index in [9.17, 15) is 18.3 Å². The van der Waals surface area contributed by atoms with Gasteiger partial charge in [0, 0.05) is 13.1 Å². The molecule has 1 unspecified atom stereocenters. The molecule has 19 heavy (non-hydrogen) atoms. The van der Waals surface area contributed by atoms with Crippen molar-refractivity contribution in [2.24, 2.45) is 0 Å². The highest BCUT2D eigenvalue weighted by molar-refractivity contribution is 5.28. The van der Waals surface area contributed by atoms with Crippen LogP contribution in [0.15, 0.2) is 24.3 Å². The Kier molecular flexibility index (Phi) is 5.62. The maximum Gasteiger partial charge on any atom is 0.390 e. The van der Waals surface area contributed by atoms with Crippen LogP contribution in [0.1, 0.15) is 18.1 Å². The molecule has 0 radical (unpaired) electrons. The average molecular weight is 277 g/mol. The molecule has 0 aliphatic carbocycles. The van der Waals surface area contributed by atoms with Crippen LogP contribution in [-0.4, -0.2) is 43.4 Å². The van der Waals surface area contributed by atoms with Crippen LogP contribution in [0.25, 0.3) is 0 Å². The van der Waals surface area contributed by atoms with Crippen LogP contribution in [-0.2, 0) is 0 Å². The van der Waals surface area contributed by atoms with Gasteiger partial charge in [0.2, 0.25) is 0 Å². The van der Waals surface area contributed by atoms with Gasteiger partial charge in [-0.1, -0.05) is 12.1 Å². The summed E-state index contributed by atoms with van der Waals surface area (Å²) in [5.74, 6) is 0.668. The smallest absolute Gasteiger partial charge is 0.390 e. The van der Waals surface area contributed by atoms with Gasteiger partial charge in [-0.05, 0) is 24.7 Å². The highest BCUT2D eigenvalue weighted by atomic mass is 19.4. The molecule has 0 amide bonds. The largest absolute Gasteiger partial charge is 0.497 e. The second kappa shape index (κ2) is 6.77. The Bertz CT molecular complexity index is 378. The van der Waals surface area contributed by atoms with Crippen molar-refractivity contribution in [2.45, 2.75) is 18.7 Å². The average Bonchev–Trinajstić information content (AvgIpc) is 2.35. The van der Waals surface area contributed by atoms with Crippen molar-refractivity contribution in [1.82, 2.24) is 4.90 Å². The van der Waals surface area contributed by atoms with Crippen LogP contribution in [0.3, 0.4) is 0 Å². The maximum atomic E-state index is 12.1. The minimum atomic E-state index is -4.17. The molecule has 6 heteroatoms. The molecule has 0 saturated carbocycles. The van der Waals surface area contributed by atoms with E-state index in [-0.39, 0.29) is 13.1 Å². The Balaban J connectivity index is 2.46. The molecule has 1 N–H and O–H groups in total. The molecule has 1 aromatic rings. The highest BCUT2D eigenvalue weighted by Gasteiger charge is 2.27. The topological polar surface area (TPSA) is 32.7 Å². The zero-order valence-corrected chi connectivity index (χ0v) is 10.9. The molecule has 0 heterocycles. The number of halogens is 3. The van der Waals surface area contributed by atoms with Crippen LogP contribution in [0, 0.1) is 0 Å². The lowest BCUT2D eigenvalue weighted by Crippen LogP contribution is -2.28. The fraction of sp³-hybridized carbons (Fsp3) is 0.538. The Morgan fingerprint density at radius 3 is 2.32 bits per heavy atom. The van der Waals surface area contributed by atoms with Crippen LogP contribution in [0.2, 0.25) is 0 Å². The van der Waals surface area contributed by atoms with Gasteiger partial charge in [0.1, 0.15) is 5.75 Å². The van der Waals surface area contributed by atoms with Crippen LogP contribution in [0.4, 0.5) is 13.2 Å². The van der Waals surface area contributed by atoms with Crippen molar-refractivity contribution in [1.29, 1.82) is 0 Å². The third kappa shape index (κ3) is 5.94. The number of aliphatic hydroxyl groups is 1. The number of hydrogen-bond acceptors (Lipinski definition) is 3. The predicted molar refractivity (Wildman–Crippen MR) is 66.1 cm³/mol. The predicted octanol–water partition coefficient (Wildman–Crippen LogP) is 2.61. The second-order valence-corrected chi connectivity index (χ2v) is 4.42. The van der Waals surface area contributed by atoms with E-state index in [1.165, 1.54) is 12.0 Å². The molecule has 0 spiro atoms. The molecule has 1 atom stereocenters. The number of alkyl halides is 3. The van der Waals surface area contributed by atoms with Crippen molar-refractivity contribution >= 4 is 0 Å². The molecule has 0 saturated heterocycles. The first-order valence-corrected chi connectivity index (χ1v) is 5.89. The summed E-state index contributed by atoms with van der Waals surface area (Å²) in [6.45, 7) is 0.0269. The van der Waals surface area contributed by atoms with E-state index >= 15 is 0 Å². The zero-order valence-electron chi connectivity index (χ0n) is 10.9. The maximum absolute atomic E-state index is 12.1. The Morgan fingerprint density at radius 2 is 1.84 bits per heavy atom. The molecule has 0 bridgehead atoms. The van der Waals surface area contributed by atoms with Gasteiger partial charge in [-0.15, -0.1) is 0 Å². The lowest BCUT2D eigenvalue weighted by atomic mass is 10.1. The summed E-state index contributed by atoms with van der Waals surface area (Å²) < 4.78 is 41.2. The summed E-state index contributed by atoms with van der Waals surface area (Å²) in [6, 6.07) is 6.80. The van der Waals surface area contributed by atoms with Gasteiger partial charge in [0.15, 0.2) is 0 Å². The first kappa shape index (κ1) is 15.8. The molecule has 1 rings (SSSR count). The van der Waals surface area contributed by atoms with Crippen LogP contribution < -0.4 is 4.74 Å². The lowest BCUT2D eigenvalue weighted by molar-refractivity contribution is -0.137. The third-order valence-corrected chi connectivity index (χ3v) is 2.76. The molecule has 1 aromatic carbocycles. The van der Waals surface area contributed by atoms with Crippen molar-refractivity contribution < 1.29 is 23.0 Å². The number of likely N-dealkylation sites (N-methyl/N-ethyl adjacent to an activating group) is 1. The van der Waals surface area contributed by atoms with Crippen LogP contribution >= 0.6 is 0 Å². The summed E-state index contributed by atoms with van der Waals surface area (Å²) in [4.78, 5) is 1.46. The summed E-state index contributed by atoms with van der Waals surface area (Å²) in [5, 5.41) is 9.92. The standard InChI is InChI=1S/C13H18F3NO2/c1-17(8-7-13(14,15)16)9-12(18)10-3-5-11(19-2)6-4-10/h3-6,12,18H,7-9H2,1-2H3. The van der Waals surface area contributed by atoms with Gasteiger partial charge >= 0.3 is 6.18 Å². The Hall–Kier alpha value is -1.27. The van der Waals surface area contributed by atoms with E-state index in [0.29, 0.717) is 11.3 Å². The second-order valence-electron chi connectivity index (χ2n) is 4.42. The number of methoxy groups -OCH3 is 1. The van der Waals surface area contributed by atoms with Gasteiger partial charge < -0.3 is 14.7 Å². The van der Waals surface area contributed by atoms with E-state index in [4.69, 9.17) is 4.74 Å². The van der Waals surface area contributed by atoms with Crippen molar-refractivity contribution in [3.63, 3.8) is 0 Å². The number of hydrogen-bond donors (Lipinski definition) is 1. The fourth-order valence-corrected chi connectivity index (χ4v) is 1.64. The van der Waals surface area contributed by atoms with Crippen molar-refractivity contribution in [2.75, 3.05) is 27.2 Å². The van der Waals surface area contributed by atoms with Crippen molar-refractivity contribution in [3.8, 4) is 5.75 Å². The first-order chi connectivity index (χ1) is 8.81. The van der Waals surface area contributed by atoms with E-state index in [0.717, 1.165) is 0 Å². The number of benzene rings is 1. The van der Waals surface area contributed by atoms with Gasteiger partial charge in [-0.2, -0.15) is 13.2 Å². The van der Waals surface area contributed by atoms with Crippen molar-refractivity contribution in [3.05, 3.63) is 29.8 Å². The normalized spacial score (nSPS) is 13.6. The Morgan fingerprint density at radius 1 is 1.26 bits per heavy atom. The lowest BCUT2D eigenvalue weighted by Gasteiger charge is -2.21. The third-order valence-electron chi connectivity index (χ3n) is 2.76. The molecule has 0 aromatic heterocycles. The summed E-state index contributed by atoms with van der Waals surface area (Å²) in [5.41, 5.74) is 0.652. The highest BCUT2D eigenvalue weighted by Crippen LogP contribution is 2.21. The summed E-state index contributed by atoms with van der Waals surface area (Å²) in [7, 11) is 3.09. The number of nitrogens with zero attached hydrogens (tertiary/aromatic N) is 1. The molecule has 0 aliphatic rings. The van der Waals surface area contributed by atoms with E-state index in [2.05, 4.69) is 0 Å². The van der Waals surface area contributed by atoms with E-state index in [1.54, 1.807) is 31.3 Å². The molecule has 0 aliphatic heterocycles. The molecular weight excluding hydrogens is 259 g/mol. The van der Waals surface area contributed by atoms with Crippen LogP contribution in [0.5, 0.6) is 5.75 Å². The minimum absolute atomic E-state index is 0.128. The van der Waals surface area contributed by atoms with Gasteiger partial charge in [-0.3, -0.25) is 0 Å². The molecule has 108 valence electrons. The SMILES string of the molecule is COc1ccc(C(O)CN(C)CCC(F)(F)F)cc1. The van der Waals surface area contributed by atoms with E-state index < -0.39 is 18.7 Å². The van der Waals surface area contributed by atoms with Gasteiger partial charge in [-0.25, -0.2) is 0 Å². The van der Waals surface area contributed by atoms with E-state index in [1.807, 2.05) is 0 Å². The quantitative estimate of drug-likeness (QED) is 0.867. The monoisotopic (exact) mass is 277 g/mol. The number of rotatable bonds is 6. The van der Waals surface area contributed by atoms with Gasteiger partial charge in [0.25, 0.3) is 0 Å². The summed E-state index contributed by atoms with van der Waals surface area (Å²) >= 11 is 0. The fourth-order valence-electron chi connectivity index (χ4n) is 1.64. The number of ether oxygens (including phenoxy) is 1. The molecular formula is C13H18F3NO2. The zero-order chi connectivity index (χ0) is 14.5. The summed E-state index contributed by atoms with van der Waals surface area (Å²) in [6.07, 6.45) is -5.86. The molecule has 3 nitrogen and oxygen atoms in total. The molecule has 0 fully saturated rings. The van der Waals surface area contributed by atoms with Gasteiger partial charge in [0.05, 0.1) is 19.6 Å². The Labute approximate surface area is 110 Å².